The average molecular weight is 267 g/mol. The van der Waals surface area contributed by atoms with Gasteiger partial charge in [-0.2, -0.15) is 4.39 Å². The predicted octanol–water partition coefficient (Wildman–Crippen LogP) is 2.49. The molecule has 2 rings (SSSR count). The molecule has 1 N–H and O–H groups in total. The second-order valence-electron chi connectivity index (χ2n) is 5.05. The van der Waals surface area contributed by atoms with Gasteiger partial charge in [-0.1, -0.05) is 0 Å². The van der Waals surface area contributed by atoms with Crippen molar-refractivity contribution in [2.24, 2.45) is 5.92 Å². The number of anilines is 1. The molecule has 1 aromatic carbocycles. The maximum absolute atomic E-state index is 13.2. The molecule has 1 aliphatic heterocycles. The normalized spacial score (nSPS) is 17.4. The Morgan fingerprint density at radius 2 is 2.16 bits per heavy atom. The fourth-order valence-electron chi connectivity index (χ4n) is 2.29. The standard InChI is InChI=1S/C13H18FN3O2/c1-16-6-4-10(5-7-16)9-15-11-2-3-12(14)13(8-11)17(18)19/h2-3,8,10,15H,4-7,9H2,1H3. The molecule has 19 heavy (non-hydrogen) atoms. The van der Waals surface area contributed by atoms with Gasteiger partial charge in [0.05, 0.1) is 4.92 Å². The third-order valence-corrected chi connectivity index (χ3v) is 3.58. The molecule has 1 fully saturated rings. The van der Waals surface area contributed by atoms with Gasteiger partial charge in [-0.3, -0.25) is 10.1 Å². The van der Waals surface area contributed by atoms with Crippen LogP contribution in [0.15, 0.2) is 18.2 Å². The maximum Gasteiger partial charge on any atom is 0.306 e. The van der Waals surface area contributed by atoms with Crippen LogP contribution in [0, 0.1) is 21.8 Å². The Kier molecular flexibility index (Phi) is 4.31. The molecule has 1 aliphatic rings. The molecule has 0 radical (unpaired) electrons. The third-order valence-electron chi connectivity index (χ3n) is 3.58. The molecule has 1 saturated heterocycles. The van der Waals surface area contributed by atoms with Crippen molar-refractivity contribution in [3.63, 3.8) is 0 Å². The third kappa shape index (κ3) is 3.64. The summed E-state index contributed by atoms with van der Waals surface area (Å²) in [6.07, 6.45) is 2.24. The van der Waals surface area contributed by atoms with Gasteiger partial charge in [0, 0.05) is 18.3 Å². The average Bonchev–Trinajstić information content (AvgIpc) is 2.39. The van der Waals surface area contributed by atoms with Gasteiger partial charge in [0.2, 0.25) is 5.82 Å². The minimum absolute atomic E-state index is 0.478. The minimum atomic E-state index is -0.796. The minimum Gasteiger partial charge on any atom is -0.385 e. The molecule has 6 heteroatoms. The van der Waals surface area contributed by atoms with Crippen molar-refractivity contribution in [2.45, 2.75) is 12.8 Å². The number of nitrogens with zero attached hydrogens (tertiary/aromatic N) is 2. The first kappa shape index (κ1) is 13.7. The highest BCUT2D eigenvalue weighted by Gasteiger charge is 2.18. The van der Waals surface area contributed by atoms with Crippen LogP contribution < -0.4 is 5.32 Å². The lowest BCUT2D eigenvalue weighted by Gasteiger charge is -2.29. The molecule has 104 valence electrons. The number of hydrogen-bond acceptors (Lipinski definition) is 4. The zero-order valence-electron chi connectivity index (χ0n) is 10.9. The molecule has 1 aromatic rings. The lowest BCUT2D eigenvalue weighted by Crippen LogP contribution is -2.32. The maximum atomic E-state index is 13.2. The largest absolute Gasteiger partial charge is 0.385 e. The molecular formula is C13H18FN3O2. The summed E-state index contributed by atoms with van der Waals surface area (Å²) in [5.41, 5.74) is 0.125. The second kappa shape index (κ2) is 5.97. The van der Waals surface area contributed by atoms with Crippen molar-refractivity contribution in [3.05, 3.63) is 34.1 Å². The van der Waals surface area contributed by atoms with E-state index in [9.17, 15) is 14.5 Å². The van der Waals surface area contributed by atoms with E-state index in [-0.39, 0.29) is 0 Å². The van der Waals surface area contributed by atoms with Gasteiger partial charge in [-0.15, -0.1) is 0 Å². The molecule has 0 saturated carbocycles. The van der Waals surface area contributed by atoms with Gasteiger partial charge in [-0.05, 0) is 51.0 Å². The van der Waals surface area contributed by atoms with Gasteiger partial charge < -0.3 is 10.2 Å². The zero-order valence-corrected chi connectivity index (χ0v) is 10.9. The van der Waals surface area contributed by atoms with E-state index in [4.69, 9.17) is 0 Å². The van der Waals surface area contributed by atoms with Gasteiger partial charge in [0.25, 0.3) is 0 Å². The molecule has 1 heterocycles. The Hall–Kier alpha value is -1.69. The van der Waals surface area contributed by atoms with Gasteiger partial charge >= 0.3 is 5.69 Å². The van der Waals surface area contributed by atoms with Crippen LogP contribution in [-0.4, -0.2) is 36.5 Å². The molecule has 0 atom stereocenters. The first-order chi connectivity index (χ1) is 9.06. The number of nitrogens with one attached hydrogen (secondary N) is 1. The molecule has 0 spiro atoms. The highest BCUT2D eigenvalue weighted by atomic mass is 19.1. The van der Waals surface area contributed by atoms with Crippen LogP contribution in [0.1, 0.15) is 12.8 Å². The smallest absolute Gasteiger partial charge is 0.306 e. The summed E-state index contributed by atoms with van der Waals surface area (Å²) in [6, 6.07) is 3.93. The Balaban J connectivity index is 1.92. The van der Waals surface area contributed by atoms with E-state index >= 15 is 0 Å². The van der Waals surface area contributed by atoms with Crippen molar-refractivity contribution < 1.29 is 9.31 Å². The molecule has 0 bridgehead atoms. The van der Waals surface area contributed by atoms with E-state index in [1.54, 1.807) is 0 Å². The van der Waals surface area contributed by atoms with Crippen LogP contribution in [-0.2, 0) is 0 Å². The lowest BCUT2D eigenvalue weighted by atomic mass is 9.97. The summed E-state index contributed by atoms with van der Waals surface area (Å²) in [7, 11) is 2.10. The fourth-order valence-corrected chi connectivity index (χ4v) is 2.29. The van der Waals surface area contributed by atoms with Crippen molar-refractivity contribution in [3.8, 4) is 0 Å². The number of nitro groups is 1. The molecule has 5 nitrogen and oxygen atoms in total. The number of benzene rings is 1. The van der Waals surface area contributed by atoms with E-state index in [1.165, 1.54) is 12.1 Å². The summed E-state index contributed by atoms with van der Waals surface area (Å²) >= 11 is 0. The number of rotatable bonds is 4. The van der Waals surface area contributed by atoms with Crippen LogP contribution in [0.4, 0.5) is 15.8 Å². The van der Waals surface area contributed by atoms with Crippen LogP contribution >= 0.6 is 0 Å². The van der Waals surface area contributed by atoms with Gasteiger partial charge in [-0.25, -0.2) is 0 Å². The first-order valence-electron chi connectivity index (χ1n) is 6.42. The Labute approximate surface area is 111 Å². The van der Waals surface area contributed by atoms with E-state index < -0.39 is 16.4 Å². The van der Waals surface area contributed by atoms with E-state index in [0.29, 0.717) is 11.6 Å². The predicted molar refractivity (Wildman–Crippen MR) is 71.8 cm³/mol. The second-order valence-corrected chi connectivity index (χ2v) is 5.05. The van der Waals surface area contributed by atoms with Crippen LogP contribution in [0.25, 0.3) is 0 Å². The van der Waals surface area contributed by atoms with Crippen LogP contribution in [0.5, 0.6) is 0 Å². The van der Waals surface area contributed by atoms with Crippen molar-refractivity contribution >= 4 is 11.4 Å². The van der Waals surface area contributed by atoms with E-state index in [2.05, 4.69) is 17.3 Å². The van der Waals surface area contributed by atoms with Crippen LogP contribution in [0.2, 0.25) is 0 Å². The quantitative estimate of drug-likeness (QED) is 0.672. The van der Waals surface area contributed by atoms with Crippen LogP contribution in [0.3, 0.4) is 0 Å². The van der Waals surface area contributed by atoms with Crippen molar-refractivity contribution in [1.29, 1.82) is 0 Å². The summed E-state index contributed by atoms with van der Waals surface area (Å²) in [6.45, 7) is 2.93. The topological polar surface area (TPSA) is 58.4 Å². The van der Waals surface area contributed by atoms with Crippen molar-refractivity contribution in [1.82, 2.24) is 4.90 Å². The number of nitro benzene ring substituents is 1. The number of halogens is 1. The highest BCUT2D eigenvalue weighted by molar-refractivity contribution is 5.51. The molecule has 0 aliphatic carbocycles. The first-order valence-corrected chi connectivity index (χ1v) is 6.42. The van der Waals surface area contributed by atoms with E-state index in [0.717, 1.165) is 38.5 Å². The highest BCUT2D eigenvalue weighted by Crippen LogP contribution is 2.23. The number of piperidine rings is 1. The molecule has 0 unspecified atom stereocenters. The Morgan fingerprint density at radius 1 is 1.47 bits per heavy atom. The Morgan fingerprint density at radius 3 is 2.79 bits per heavy atom. The summed E-state index contributed by atoms with van der Waals surface area (Å²) < 4.78 is 13.2. The Bertz CT molecular complexity index is 459. The summed E-state index contributed by atoms with van der Waals surface area (Å²) in [4.78, 5) is 12.2. The summed E-state index contributed by atoms with van der Waals surface area (Å²) in [5.74, 6) is -0.227. The lowest BCUT2D eigenvalue weighted by molar-refractivity contribution is -0.387. The molecular weight excluding hydrogens is 249 g/mol. The number of likely N-dealkylation sites (tertiary alicyclic amines) is 1. The zero-order chi connectivity index (χ0) is 13.8. The molecule has 0 amide bonds. The van der Waals surface area contributed by atoms with E-state index in [1.807, 2.05) is 0 Å². The fraction of sp³-hybridized carbons (Fsp3) is 0.538. The monoisotopic (exact) mass is 267 g/mol. The van der Waals surface area contributed by atoms with Crippen molar-refractivity contribution in [2.75, 3.05) is 32.0 Å². The summed E-state index contributed by atoms with van der Waals surface area (Å²) in [5, 5.41) is 13.8. The van der Waals surface area contributed by atoms with Gasteiger partial charge in [0.15, 0.2) is 0 Å². The van der Waals surface area contributed by atoms with Gasteiger partial charge in [0.1, 0.15) is 0 Å². The number of hydrogen-bond donors (Lipinski definition) is 1. The molecule has 0 aromatic heterocycles. The SMILES string of the molecule is CN1CCC(CNc2ccc(F)c([N+](=O)[O-])c2)CC1.